The molecule has 1 N–H and O–H groups in total. The first-order chi connectivity index (χ1) is 9.22. The van der Waals surface area contributed by atoms with Gasteiger partial charge in [-0.1, -0.05) is 22.9 Å². The Hall–Kier alpha value is -1.49. The third-order valence-corrected chi connectivity index (χ3v) is 3.28. The highest BCUT2D eigenvalue weighted by Crippen LogP contribution is 2.24. The third kappa shape index (κ3) is 3.73. The lowest BCUT2D eigenvalue weighted by atomic mass is 10.3. The number of aryl methyl sites for hydroxylation is 1. The Kier molecular flexibility index (Phi) is 4.85. The summed E-state index contributed by atoms with van der Waals surface area (Å²) >= 11 is 3.47. The molecule has 0 atom stereocenters. The largest absolute Gasteiger partial charge is 0.497 e. The molecule has 0 aliphatic carbocycles. The molecule has 4 nitrogen and oxygen atoms in total. The van der Waals surface area contributed by atoms with Crippen LogP contribution in [0.25, 0.3) is 0 Å². The molecule has 0 aliphatic rings. The minimum atomic E-state index is 0.701. The van der Waals surface area contributed by atoms with Gasteiger partial charge in [-0.05, 0) is 18.6 Å². The van der Waals surface area contributed by atoms with E-state index >= 15 is 0 Å². The summed E-state index contributed by atoms with van der Waals surface area (Å²) in [6, 6.07) is 5.93. The second-order valence-corrected chi connectivity index (χ2v) is 5.19. The molecule has 0 saturated heterocycles. The average Bonchev–Trinajstić information content (AvgIpc) is 2.83. The summed E-state index contributed by atoms with van der Waals surface area (Å²) in [7, 11) is 1.67. The number of nitrogens with one attached hydrogen (secondary N) is 1. The van der Waals surface area contributed by atoms with Crippen molar-refractivity contribution in [2.24, 2.45) is 0 Å². The molecular formula is C14H18BrN3O. The van der Waals surface area contributed by atoms with Crippen LogP contribution in [0.2, 0.25) is 0 Å². The number of nitrogens with zero attached hydrogens (tertiary/aromatic N) is 2. The zero-order valence-electron chi connectivity index (χ0n) is 11.2. The van der Waals surface area contributed by atoms with E-state index < -0.39 is 0 Å². The van der Waals surface area contributed by atoms with Crippen LogP contribution in [0.5, 0.6) is 5.75 Å². The molecule has 1 heterocycles. The quantitative estimate of drug-likeness (QED) is 0.881. The Bertz CT molecular complexity index is 539. The van der Waals surface area contributed by atoms with Gasteiger partial charge in [-0.25, -0.2) is 4.98 Å². The number of methoxy groups -OCH3 is 1. The van der Waals surface area contributed by atoms with Crippen LogP contribution in [0.3, 0.4) is 0 Å². The molecule has 0 bridgehead atoms. The van der Waals surface area contributed by atoms with Crippen LogP contribution in [0, 0.1) is 0 Å². The fourth-order valence-corrected chi connectivity index (χ4v) is 2.39. The van der Waals surface area contributed by atoms with E-state index in [1.54, 1.807) is 7.11 Å². The maximum absolute atomic E-state index is 5.24. The number of anilines is 1. The summed E-state index contributed by atoms with van der Waals surface area (Å²) in [6.45, 7) is 3.86. The number of aromatic nitrogens is 2. The Morgan fingerprint density at radius 3 is 2.95 bits per heavy atom. The van der Waals surface area contributed by atoms with Crippen molar-refractivity contribution in [3.05, 3.63) is 40.9 Å². The first-order valence-corrected chi connectivity index (χ1v) is 7.10. The molecule has 0 saturated carbocycles. The Labute approximate surface area is 121 Å². The Morgan fingerprint density at radius 1 is 1.37 bits per heavy atom. The molecule has 1 aromatic carbocycles. The summed E-state index contributed by atoms with van der Waals surface area (Å²) in [4.78, 5) is 4.37. The van der Waals surface area contributed by atoms with Crippen molar-refractivity contribution in [1.29, 1.82) is 0 Å². The van der Waals surface area contributed by atoms with Crippen molar-refractivity contribution in [3.8, 4) is 5.75 Å². The standard InChI is InChI=1S/C14H18BrN3O/c1-3-5-18-6-4-16-14(18)10-17-12-7-11(15)8-13(9-12)19-2/h4,6-9,17H,3,5,10H2,1-2H3. The molecule has 19 heavy (non-hydrogen) atoms. The van der Waals surface area contributed by atoms with E-state index in [1.807, 2.05) is 30.6 Å². The van der Waals surface area contributed by atoms with Gasteiger partial charge in [0.2, 0.25) is 0 Å². The zero-order chi connectivity index (χ0) is 13.7. The number of hydrogen-bond acceptors (Lipinski definition) is 3. The predicted octanol–water partition coefficient (Wildman–Crippen LogP) is 3.68. The van der Waals surface area contributed by atoms with Crippen LogP contribution in [0.1, 0.15) is 19.2 Å². The van der Waals surface area contributed by atoms with E-state index in [0.717, 1.165) is 34.7 Å². The molecule has 0 spiro atoms. The smallest absolute Gasteiger partial charge is 0.128 e. The Morgan fingerprint density at radius 2 is 2.21 bits per heavy atom. The van der Waals surface area contributed by atoms with Crippen LogP contribution in [0.4, 0.5) is 5.69 Å². The molecule has 0 unspecified atom stereocenters. The minimum absolute atomic E-state index is 0.701. The van der Waals surface area contributed by atoms with Crippen molar-refractivity contribution < 1.29 is 4.74 Å². The van der Waals surface area contributed by atoms with E-state index in [9.17, 15) is 0 Å². The second-order valence-electron chi connectivity index (χ2n) is 4.27. The van der Waals surface area contributed by atoms with E-state index in [1.165, 1.54) is 0 Å². The van der Waals surface area contributed by atoms with Gasteiger partial charge in [0.15, 0.2) is 0 Å². The van der Waals surface area contributed by atoms with Gasteiger partial charge in [-0.2, -0.15) is 0 Å². The number of benzene rings is 1. The van der Waals surface area contributed by atoms with Gasteiger partial charge in [-0.15, -0.1) is 0 Å². The normalized spacial score (nSPS) is 10.5. The summed E-state index contributed by atoms with van der Waals surface area (Å²) in [5.41, 5.74) is 1.01. The van der Waals surface area contributed by atoms with E-state index in [2.05, 4.69) is 37.7 Å². The van der Waals surface area contributed by atoms with Gasteiger partial charge in [0, 0.05) is 35.2 Å². The van der Waals surface area contributed by atoms with Gasteiger partial charge < -0.3 is 14.6 Å². The van der Waals surface area contributed by atoms with E-state index in [0.29, 0.717) is 6.54 Å². The molecule has 2 aromatic rings. The lowest BCUT2D eigenvalue weighted by molar-refractivity contribution is 0.414. The highest BCUT2D eigenvalue weighted by molar-refractivity contribution is 9.10. The Balaban J connectivity index is 2.05. The van der Waals surface area contributed by atoms with E-state index in [-0.39, 0.29) is 0 Å². The molecule has 5 heteroatoms. The van der Waals surface area contributed by atoms with Crippen molar-refractivity contribution in [2.75, 3.05) is 12.4 Å². The lowest BCUT2D eigenvalue weighted by Gasteiger charge is -2.10. The number of imidazole rings is 1. The van der Waals surface area contributed by atoms with Crippen molar-refractivity contribution in [3.63, 3.8) is 0 Å². The van der Waals surface area contributed by atoms with Gasteiger partial charge >= 0.3 is 0 Å². The molecule has 0 fully saturated rings. The maximum atomic E-state index is 5.24. The number of rotatable bonds is 6. The molecule has 0 amide bonds. The van der Waals surface area contributed by atoms with Crippen molar-refractivity contribution >= 4 is 21.6 Å². The zero-order valence-corrected chi connectivity index (χ0v) is 12.8. The van der Waals surface area contributed by atoms with Crippen LogP contribution in [-0.4, -0.2) is 16.7 Å². The third-order valence-electron chi connectivity index (χ3n) is 2.82. The topological polar surface area (TPSA) is 39.1 Å². The maximum Gasteiger partial charge on any atom is 0.128 e. The molecule has 1 aromatic heterocycles. The molecule has 0 radical (unpaired) electrons. The van der Waals surface area contributed by atoms with Gasteiger partial charge in [0.05, 0.1) is 13.7 Å². The number of hydrogen-bond donors (Lipinski definition) is 1. The number of halogens is 1. The molecule has 102 valence electrons. The second kappa shape index (κ2) is 6.61. The number of ether oxygens (including phenoxy) is 1. The van der Waals surface area contributed by atoms with Crippen molar-refractivity contribution in [2.45, 2.75) is 26.4 Å². The van der Waals surface area contributed by atoms with Crippen molar-refractivity contribution in [1.82, 2.24) is 9.55 Å². The van der Waals surface area contributed by atoms with E-state index in [4.69, 9.17) is 4.74 Å². The summed E-state index contributed by atoms with van der Waals surface area (Å²) in [6.07, 6.45) is 4.96. The molecule has 0 aliphatic heterocycles. The first-order valence-electron chi connectivity index (χ1n) is 6.31. The van der Waals surface area contributed by atoms with Crippen LogP contribution < -0.4 is 10.1 Å². The highest BCUT2D eigenvalue weighted by atomic mass is 79.9. The summed E-state index contributed by atoms with van der Waals surface area (Å²) < 4.78 is 8.40. The summed E-state index contributed by atoms with van der Waals surface area (Å²) in [5.74, 6) is 1.87. The fraction of sp³-hybridized carbons (Fsp3) is 0.357. The SMILES string of the molecule is CCCn1ccnc1CNc1cc(Br)cc(OC)c1. The fourth-order valence-electron chi connectivity index (χ4n) is 1.92. The van der Waals surface area contributed by atoms with Crippen LogP contribution >= 0.6 is 15.9 Å². The first kappa shape index (κ1) is 13.9. The van der Waals surface area contributed by atoms with Gasteiger partial charge in [0.25, 0.3) is 0 Å². The average molecular weight is 324 g/mol. The summed E-state index contributed by atoms with van der Waals surface area (Å²) in [5, 5.41) is 3.37. The van der Waals surface area contributed by atoms with Gasteiger partial charge in [-0.3, -0.25) is 0 Å². The van der Waals surface area contributed by atoms with Gasteiger partial charge in [0.1, 0.15) is 11.6 Å². The van der Waals surface area contributed by atoms with Crippen LogP contribution in [-0.2, 0) is 13.1 Å². The highest BCUT2D eigenvalue weighted by Gasteiger charge is 2.03. The lowest BCUT2D eigenvalue weighted by Crippen LogP contribution is -2.08. The minimum Gasteiger partial charge on any atom is -0.497 e. The molecule has 2 rings (SSSR count). The monoisotopic (exact) mass is 323 g/mol. The van der Waals surface area contributed by atoms with Crippen LogP contribution in [0.15, 0.2) is 35.1 Å². The predicted molar refractivity (Wildman–Crippen MR) is 80.5 cm³/mol. The molecular weight excluding hydrogens is 306 g/mol.